The van der Waals surface area contributed by atoms with E-state index in [1.165, 1.54) is 18.4 Å². The van der Waals surface area contributed by atoms with E-state index in [1.54, 1.807) is 29.8 Å². The predicted octanol–water partition coefficient (Wildman–Crippen LogP) is 6.51. The maximum Gasteiger partial charge on any atom is 0.275 e. The number of halogens is 1. The van der Waals surface area contributed by atoms with Gasteiger partial charge in [0.25, 0.3) is 5.91 Å². The predicted molar refractivity (Wildman–Crippen MR) is 174 cm³/mol. The van der Waals surface area contributed by atoms with E-state index < -0.39 is 0 Å². The van der Waals surface area contributed by atoms with Gasteiger partial charge < -0.3 is 15.5 Å². The molecule has 3 N–H and O–H groups in total. The van der Waals surface area contributed by atoms with Crippen LogP contribution in [0.2, 0.25) is 0 Å². The van der Waals surface area contributed by atoms with E-state index in [0.29, 0.717) is 18.0 Å². The molecule has 8 nitrogen and oxygen atoms in total. The number of fused-ring (bicyclic) bond motifs is 1. The Morgan fingerprint density at radius 1 is 1.00 bits per heavy atom. The summed E-state index contributed by atoms with van der Waals surface area (Å²) < 4.78 is 5.25. The maximum atomic E-state index is 13.6. The summed E-state index contributed by atoms with van der Waals surface area (Å²) in [6.07, 6.45) is 6.05. The van der Waals surface area contributed by atoms with Crippen LogP contribution in [0.25, 0.3) is 31.5 Å². The second-order valence-electron chi connectivity index (χ2n) is 9.92. The molecule has 1 aliphatic heterocycles. The van der Waals surface area contributed by atoms with Gasteiger partial charge in [0.05, 0.1) is 5.69 Å². The van der Waals surface area contributed by atoms with Crippen molar-refractivity contribution < 1.29 is 15.0 Å². The molecule has 2 aromatic carbocycles. The Kier molecular flexibility index (Phi) is 11.1. The lowest BCUT2D eigenvalue weighted by molar-refractivity contribution is 0.102. The highest BCUT2D eigenvalue weighted by Crippen LogP contribution is 2.35. The lowest BCUT2D eigenvalue weighted by atomic mass is 10.1. The maximum absolute atomic E-state index is 13.6. The van der Waals surface area contributed by atoms with Gasteiger partial charge in [0.15, 0.2) is 0 Å². The first-order valence-corrected chi connectivity index (χ1v) is 15.2. The van der Waals surface area contributed by atoms with E-state index in [-0.39, 0.29) is 23.8 Å². The molecule has 1 aliphatic rings. The third-order valence-corrected chi connectivity index (χ3v) is 9.18. The molecule has 4 heterocycles. The molecule has 0 saturated carbocycles. The van der Waals surface area contributed by atoms with Crippen LogP contribution in [-0.2, 0) is 17.7 Å². The average Bonchev–Trinajstić information content (AvgIpc) is 3.74. The quantitative estimate of drug-likeness (QED) is 0.178. The minimum Gasteiger partial charge on any atom is -0.412 e. The molecule has 6 rings (SSSR count). The average molecular weight is 624 g/mol. The molecule has 1 fully saturated rings. The first kappa shape index (κ1) is 31.7. The Balaban J connectivity index is 0.00000202. The van der Waals surface area contributed by atoms with Gasteiger partial charge in [-0.3, -0.25) is 9.69 Å². The number of para-hydroxylation sites is 1. The van der Waals surface area contributed by atoms with Gasteiger partial charge in [-0.25, -0.2) is 15.0 Å². The summed E-state index contributed by atoms with van der Waals surface area (Å²) in [6.45, 7) is 3.84. The minimum absolute atomic E-state index is 0. The second kappa shape index (κ2) is 14.8. The van der Waals surface area contributed by atoms with Gasteiger partial charge in [0.2, 0.25) is 0 Å². The van der Waals surface area contributed by atoms with Crippen LogP contribution >= 0.6 is 35.1 Å². The Morgan fingerprint density at radius 2 is 1.76 bits per heavy atom. The van der Waals surface area contributed by atoms with Crippen LogP contribution in [0.1, 0.15) is 40.2 Å². The van der Waals surface area contributed by atoms with Gasteiger partial charge in [-0.2, -0.15) is 0 Å². The van der Waals surface area contributed by atoms with Crippen LogP contribution in [0.4, 0.5) is 5.69 Å². The van der Waals surface area contributed by atoms with Gasteiger partial charge in [-0.1, -0.05) is 53.8 Å². The second-order valence-corrected chi connectivity index (χ2v) is 12.0. The zero-order chi connectivity index (χ0) is 27.3. The minimum atomic E-state index is -0.217. The summed E-state index contributed by atoms with van der Waals surface area (Å²) in [5.74, 6) is -0.217. The van der Waals surface area contributed by atoms with Gasteiger partial charge in [0, 0.05) is 42.5 Å². The third kappa shape index (κ3) is 7.20. The number of amides is 1. The molecular weight excluding hydrogens is 590 g/mol. The van der Waals surface area contributed by atoms with Crippen molar-refractivity contribution in [2.45, 2.75) is 32.2 Å². The molecule has 5 aromatic rings. The summed E-state index contributed by atoms with van der Waals surface area (Å²) in [5.41, 5.74) is 5.13. The number of benzene rings is 2. The molecule has 1 saturated heterocycles. The molecule has 0 atom stereocenters. The highest BCUT2D eigenvalue weighted by molar-refractivity contribution is 7.21. The highest BCUT2D eigenvalue weighted by Gasteiger charge is 2.21. The number of pyridine rings is 1. The smallest absolute Gasteiger partial charge is 0.275 e. The number of ether oxygens (including phenoxy) is 1. The van der Waals surface area contributed by atoms with Crippen LogP contribution < -0.4 is 5.32 Å². The zero-order valence-corrected chi connectivity index (χ0v) is 25.8. The molecule has 0 bridgehead atoms. The fourth-order valence-corrected chi connectivity index (χ4v) is 7.04. The number of hydrogen-bond acceptors (Lipinski definition) is 8. The number of carbonyl (C=O) groups excluding carboxylic acids is 1. The summed E-state index contributed by atoms with van der Waals surface area (Å²) >= 11 is 3.11. The number of hydrogen-bond donors (Lipinski definition) is 1. The van der Waals surface area contributed by atoms with E-state index in [1.807, 2.05) is 60.8 Å². The van der Waals surface area contributed by atoms with Gasteiger partial charge in [0.1, 0.15) is 26.1 Å². The van der Waals surface area contributed by atoms with Crippen molar-refractivity contribution in [1.82, 2.24) is 19.9 Å². The number of aromatic nitrogens is 3. The molecule has 1 amide bonds. The number of aryl methyl sites for hydroxylation is 1. The van der Waals surface area contributed by atoms with Crippen LogP contribution in [-0.4, -0.2) is 58.0 Å². The molecule has 0 aliphatic carbocycles. The van der Waals surface area contributed by atoms with Crippen LogP contribution in [0, 0.1) is 0 Å². The molecule has 11 heteroatoms. The summed E-state index contributed by atoms with van der Waals surface area (Å²) in [4.78, 5) is 32.4. The van der Waals surface area contributed by atoms with E-state index in [4.69, 9.17) is 19.7 Å². The van der Waals surface area contributed by atoms with Crippen molar-refractivity contribution in [1.29, 1.82) is 0 Å². The Morgan fingerprint density at radius 3 is 2.55 bits per heavy atom. The topological polar surface area (TPSA) is 112 Å². The van der Waals surface area contributed by atoms with Gasteiger partial charge >= 0.3 is 0 Å². The van der Waals surface area contributed by atoms with Crippen molar-refractivity contribution in [2.75, 3.05) is 32.1 Å². The molecule has 0 radical (unpaired) electrons. The Hall–Kier alpha value is -3.25. The van der Waals surface area contributed by atoms with Gasteiger partial charge in [-0.05, 0) is 62.5 Å². The first-order chi connectivity index (χ1) is 19.7. The number of rotatable bonds is 10. The molecule has 3 aromatic heterocycles. The number of methoxy groups -OCH3 is 1. The van der Waals surface area contributed by atoms with E-state index in [2.05, 4.69) is 16.3 Å². The van der Waals surface area contributed by atoms with E-state index >= 15 is 0 Å². The Bertz CT molecular complexity index is 1620. The number of carbonyl (C=O) groups is 1. The van der Waals surface area contributed by atoms with Gasteiger partial charge in [-0.15, -0.1) is 23.7 Å². The number of likely N-dealkylation sites (tertiary alicyclic amines) is 1. The highest BCUT2D eigenvalue weighted by atomic mass is 35.5. The van der Waals surface area contributed by atoms with Crippen LogP contribution in [0.3, 0.4) is 0 Å². The van der Waals surface area contributed by atoms with E-state index in [0.717, 1.165) is 68.8 Å². The molecule has 0 unspecified atom stereocenters. The number of nitrogens with one attached hydrogen (secondary N) is 1. The Labute approximate surface area is 259 Å². The monoisotopic (exact) mass is 623 g/mol. The first-order valence-electron chi connectivity index (χ1n) is 13.6. The van der Waals surface area contributed by atoms with E-state index in [9.17, 15) is 4.79 Å². The summed E-state index contributed by atoms with van der Waals surface area (Å²) in [5, 5.41) is 4.81. The lowest BCUT2D eigenvalue weighted by Gasteiger charge is -2.13. The summed E-state index contributed by atoms with van der Waals surface area (Å²) in [6, 6.07) is 19.9. The van der Waals surface area contributed by atoms with Crippen molar-refractivity contribution in [3.05, 3.63) is 83.0 Å². The van der Waals surface area contributed by atoms with Crippen molar-refractivity contribution in [3.63, 3.8) is 0 Å². The largest absolute Gasteiger partial charge is 0.412 e. The third-order valence-electron chi connectivity index (χ3n) is 7.00. The van der Waals surface area contributed by atoms with Crippen molar-refractivity contribution in [3.8, 4) is 21.1 Å². The number of anilines is 1. The van der Waals surface area contributed by atoms with Crippen molar-refractivity contribution >= 4 is 57.0 Å². The summed E-state index contributed by atoms with van der Waals surface area (Å²) in [7, 11) is 1.69. The lowest BCUT2D eigenvalue weighted by Crippen LogP contribution is -2.18. The number of nitrogens with zero attached hydrogens (tertiary/aromatic N) is 4. The van der Waals surface area contributed by atoms with Crippen molar-refractivity contribution in [2.24, 2.45) is 0 Å². The van der Waals surface area contributed by atoms with Crippen LogP contribution in [0.15, 0.2) is 66.9 Å². The number of thiazole rings is 2. The zero-order valence-electron chi connectivity index (χ0n) is 23.3. The fourth-order valence-electron chi connectivity index (χ4n) is 5.01. The SMILES string of the molecule is COCCCc1sc(-c2ccccc2)nc1C(=O)Nc1ccccc1-c1nc2cc(CN3CCCC3)cnc2s1.Cl.O. The fraction of sp³-hybridized carbons (Fsp3) is 0.290. The van der Waals surface area contributed by atoms with Crippen LogP contribution in [0.5, 0.6) is 0 Å². The normalized spacial score (nSPS) is 13.1. The molecular formula is C31H34ClN5O3S2. The molecule has 42 heavy (non-hydrogen) atoms. The molecule has 220 valence electrons. The standard InChI is InChI=1S/C31H31N5O2S2.ClH.H2O/c1-38-17-9-14-26-27(35-29(39-26)22-10-3-2-4-11-22)28(37)33-24-13-6-5-12-23(24)30-34-25-18-21(19-32-31(25)40-30)20-36-15-7-8-16-36;;/h2-6,10-13,18-19H,7-9,14-17,20H2,1H3,(H,33,37);1H;1H2. The molecule has 0 spiro atoms.